The summed E-state index contributed by atoms with van der Waals surface area (Å²) in [6.45, 7) is 3.80. The van der Waals surface area contributed by atoms with Gasteiger partial charge in [-0.05, 0) is 55.8 Å². The van der Waals surface area contributed by atoms with E-state index < -0.39 is 17.4 Å². The highest BCUT2D eigenvalue weighted by atomic mass is 19.1. The van der Waals surface area contributed by atoms with Crippen molar-refractivity contribution in [3.63, 3.8) is 0 Å². The van der Waals surface area contributed by atoms with Crippen LogP contribution in [0.5, 0.6) is 0 Å². The van der Waals surface area contributed by atoms with E-state index in [-0.39, 0.29) is 5.91 Å². The molecule has 0 saturated carbocycles. The number of hydrogen-bond acceptors (Lipinski definition) is 4. The molecular weight excluding hydrogens is 361 g/mol. The maximum absolute atomic E-state index is 13.5. The molecule has 1 amide bonds. The lowest BCUT2D eigenvalue weighted by atomic mass is 9.91. The molecule has 142 valence electrons. The smallest absolute Gasteiger partial charge is 0.337 e. The van der Waals surface area contributed by atoms with Crippen LogP contribution < -0.4 is 5.32 Å². The fourth-order valence-electron chi connectivity index (χ4n) is 3.51. The molecule has 0 aromatic heterocycles. The number of hydrogen-bond donors (Lipinski definition) is 1. The normalized spacial score (nSPS) is 19.6. The van der Waals surface area contributed by atoms with Gasteiger partial charge in [-0.25, -0.2) is 9.18 Å². The average Bonchev–Trinajstić information content (AvgIpc) is 3.15. The molecular formula is C22H18FNO4. The predicted octanol–water partition coefficient (Wildman–Crippen LogP) is 4.17. The van der Waals surface area contributed by atoms with Crippen LogP contribution in [0.4, 0.5) is 10.1 Å². The third-order valence-electron chi connectivity index (χ3n) is 4.88. The lowest BCUT2D eigenvalue weighted by molar-refractivity contribution is -0.111. The van der Waals surface area contributed by atoms with Crippen LogP contribution in [0.25, 0.3) is 11.1 Å². The Hall–Kier alpha value is -3.41. The van der Waals surface area contributed by atoms with Crippen molar-refractivity contribution in [2.45, 2.75) is 19.4 Å². The molecule has 5 nitrogen and oxygen atoms in total. The summed E-state index contributed by atoms with van der Waals surface area (Å²) in [6, 6.07) is 11.2. The van der Waals surface area contributed by atoms with Crippen molar-refractivity contribution in [2.75, 3.05) is 12.4 Å². The van der Waals surface area contributed by atoms with E-state index in [0.717, 1.165) is 11.1 Å². The Bertz CT molecular complexity index is 1060. The molecule has 0 atom stereocenters. The van der Waals surface area contributed by atoms with E-state index in [1.165, 1.54) is 19.2 Å². The first kappa shape index (κ1) is 18.0. The summed E-state index contributed by atoms with van der Waals surface area (Å²) in [7, 11) is 1.33. The molecule has 0 saturated heterocycles. The first-order valence-corrected chi connectivity index (χ1v) is 8.75. The van der Waals surface area contributed by atoms with Gasteiger partial charge in [0.15, 0.2) is 0 Å². The Morgan fingerprint density at radius 1 is 1.14 bits per heavy atom. The molecule has 0 spiro atoms. The van der Waals surface area contributed by atoms with E-state index in [1.807, 2.05) is 32.1 Å². The van der Waals surface area contributed by atoms with Crippen molar-refractivity contribution < 1.29 is 23.5 Å². The van der Waals surface area contributed by atoms with Crippen molar-refractivity contribution in [3.05, 3.63) is 76.8 Å². The molecule has 0 radical (unpaired) electrons. The number of benzene rings is 2. The zero-order chi connectivity index (χ0) is 20.1. The number of rotatable bonds is 2. The molecule has 1 N–H and O–H groups in total. The number of methoxy groups -OCH3 is 1. The molecule has 2 aliphatic heterocycles. The third-order valence-corrected chi connectivity index (χ3v) is 4.88. The Labute approximate surface area is 161 Å². The number of ether oxygens (including phenoxy) is 2. The first-order chi connectivity index (χ1) is 13.3. The summed E-state index contributed by atoms with van der Waals surface area (Å²) < 4.78 is 24.3. The maximum Gasteiger partial charge on any atom is 0.337 e. The Morgan fingerprint density at radius 2 is 1.86 bits per heavy atom. The van der Waals surface area contributed by atoms with E-state index in [2.05, 4.69) is 5.32 Å². The highest BCUT2D eigenvalue weighted by molar-refractivity contribution is 6.32. The van der Waals surface area contributed by atoms with E-state index in [4.69, 9.17) is 9.47 Å². The number of carbonyl (C=O) groups excluding carboxylic acids is 2. The standard InChI is InChI=1S/C22H18FNO4/c1-22(2)16(12-4-6-13(7-5-12)21(26)27-3)11-18(28-22)19-15-9-8-14(23)10-17(15)24-20(19)25/h4-11H,1-3H3,(H,24,25)/b19-18+. The van der Waals surface area contributed by atoms with E-state index >= 15 is 0 Å². The first-order valence-electron chi connectivity index (χ1n) is 8.75. The highest BCUT2D eigenvalue weighted by Gasteiger charge is 2.38. The molecule has 0 fully saturated rings. The van der Waals surface area contributed by atoms with Gasteiger partial charge in [-0.15, -0.1) is 0 Å². The van der Waals surface area contributed by atoms with Gasteiger partial charge in [0, 0.05) is 11.1 Å². The largest absolute Gasteiger partial charge is 0.482 e. The minimum absolute atomic E-state index is 0.329. The van der Waals surface area contributed by atoms with Crippen molar-refractivity contribution >= 4 is 28.7 Å². The minimum atomic E-state index is -0.682. The van der Waals surface area contributed by atoms with Crippen LogP contribution in [-0.4, -0.2) is 24.6 Å². The van der Waals surface area contributed by atoms with Gasteiger partial charge >= 0.3 is 5.97 Å². The number of esters is 1. The molecule has 2 heterocycles. The molecule has 2 aliphatic rings. The fourth-order valence-corrected chi connectivity index (χ4v) is 3.51. The molecule has 4 rings (SSSR count). The second-order valence-corrected chi connectivity index (χ2v) is 7.12. The van der Waals surface area contributed by atoms with Gasteiger partial charge in [0.05, 0.1) is 23.9 Å². The minimum Gasteiger partial charge on any atom is -0.482 e. The van der Waals surface area contributed by atoms with E-state index in [9.17, 15) is 14.0 Å². The van der Waals surface area contributed by atoms with Crippen molar-refractivity contribution in [1.29, 1.82) is 0 Å². The van der Waals surface area contributed by atoms with Gasteiger partial charge in [0.2, 0.25) is 0 Å². The second kappa shape index (κ2) is 6.34. The van der Waals surface area contributed by atoms with Crippen LogP contribution >= 0.6 is 0 Å². The number of halogens is 1. The maximum atomic E-state index is 13.5. The van der Waals surface area contributed by atoms with Crippen LogP contribution in [0.2, 0.25) is 0 Å². The zero-order valence-corrected chi connectivity index (χ0v) is 15.6. The average molecular weight is 379 g/mol. The monoisotopic (exact) mass is 379 g/mol. The Kier molecular flexibility index (Phi) is 4.07. The fraction of sp³-hybridized carbons (Fsp3) is 0.182. The van der Waals surface area contributed by atoms with Crippen LogP contribution in [0.3, 0.4) is 0 Å². The topological polar surface area (TPSA) is 64.6 Å². The predicted molar refractivity (Wildman–Crippen MR) is 103 cm³/mol. The number of anilines is 1. The van der Waals surface area contributed by atoms with Crippen molar-refractivity contribution in [2.24, 2.45) is 0 Å². The van der Waals surface area contributed by atoms with Crippen molar-refractivity contribution in [1.82, 2.24) is 0 Å². The molecule has 0 unspecified atom stereocenters. The third kappa shape index (κ3) is 2.87. The zero-order valence-electron chi connectivity index (χ0n) is 15.6. The number of carbonyl (C=O) groups is 2. The SMILES string of the molecule is COC(=O)c1ccc(C2=C/C(=C3\C(=O)Nc4cc(F)ccc43)OC2(C)C)cc1. The summed E-state index contributed by atoms with van der Waals surface area (Å²) in [6.07, 6.45) is 1.82. The summed E-state index contributed by atoms with van der Waals surface area (Å²) in [5.74, 6) is -0.721. The van der Waals surface area contributed by atoms with Gasteiger partial charge in [-0.1, -0.05) is 12.1 Å². The van der Waals surface area contributed by atoms with E-state index in [1.54, 1.807) is 18.2 Å². The molecule has 0 bridgehead atoms. The summed E-state index contributed by atoms with van der Waals surface area (Å²) in [4.78, 5) is 24.1. The quantitative estimate of drug-likeness (QED) is 0.628. The Morgan fingerprint density at radius 3 is 2.54 bits per heavy atom. The molecule has 28 heavy (non-hydrogen) atoms. The van der Waals surface area contributed by atoms with Gasteiger partial charge in [-0.3, -0.25) is 4.79 Å². The molecule has 0 aliphatic carbocycles. The van der Waals surface area contributed by atoms with Gasteiger partial charge in [0.25, 0.3) is 5.91 Å². The van der Waals surface area contributed by atoms with Crippen LogP contribution in [0, 0.1) is 5.82 Å². The highest BCUT2D eigenvalue weighted by Crippen LogP contribution is 2.44. The molecule has 2 aromatic carbocycles. The molecule has 2 aromatic rings. The van der Waals surface area contributed by atoms with Crippen LogP contribution in [0.1, 0.15) is 35.3 Å². The summed E-state index contributed by atoms with van der Waals surface area (Å²) >= 11 is 0. The van der Waals surface area contributed by atoms with Crippen LogP contribution in [0.15, 0.2) is 54.3 Å². The van der Waals surface area contributed by atoms with Crippen LogP contribution in [-0.2, 0) is 14.3 Å². The second-order valence-electron chi connectivity index (χ2n) is 7.12. The number of fused-ring (bicyclic) bond motifs is 1. The van der Waals surface area contributed by atoms with Crippen molar-refractivity contribution in [3.8, 4) is 0 Å². The van der Waals surface area contributed by atoms with Gasteiger partial charge in [0.1, 0.15) is 17.2 Å². The van der Waals surface area contributed by atoms with Gasteiger partial charge in [-0.2, -0.15) is 0 Å². The van der Waals surface area contributed by atoms with E-state index in [0.29, 0.717) is 28.1 Å². The lowest BCUT2D eigenvalue weighted by Gasteiger charge is -2.23. The lowest BCUT2D eigenvalue weighted by Crippen LogP contribution is -2.21. The molecule has 6 heteroatoms. The number of allylic oxidation sites excluding steroid dienone is 1. The summed E-state index contributed by atoms with van der Waals surface area (Å²) in [5, 5.41) is 2.68. The Balaban J connectivity index is 1.78. The summed E-state index contributed by atoms with van der Waals surface area (Å²) in [5.41, 5.74) is 2.92. The number of nitrogens with one attached hydrogen (secondary N) is 1. The van der Waals surface area contributed by atoms with Gasteiger partial charge < -0.3 is 14.8 Å². The number of amides is 1.